The maximum absolute atomic E-state index is 12.1. The maximum atomic E-state index is 12.1. The highest BCUT2D eigenvalue weighted by Crippen LogP contribution is 2.28. The van der Waals surface area contributed by atoms with Gasteiger partial charge in [-0.1, -0.05) is 17.7 Å². The molecule has 1 N–H and O–H groups in total. The van der Waals surface area contributed by atoms with Crippen LogP contribution in [0.2, 0.25) is 0 Å². The number of hydrogen-bond acceptors (Lipinski definition) is 5. The van der Waals surface area contributed by atoms with E-state index in [9.17, 15) is 4.79 Å². The Kier molecular flexibility index (Phi) is 6.08. The van der Waals surface area contributed by atoms with E-state index in [0.717, 1.165) is 22.6 Å². The molecule has 1 aromatic heterocycles. The zero-order valence-corrected chi connectivity index (χ0v) is 16.4. The molecular formula is C21H22N2O3S. The van der Waals surface area contributed by atoms with Crippen LogP contribution >= 0.6 is 11.3 Å². The van der Waals surface area contributed by atoms with E-state index in [1.165, 1.54) is 16.9 Å². The van der Waals surface area contributed by atoms with E-state index in [1.54, 1.807) is 12.1 Å². The number of anilines is 1. The van der Waals surface area contributed by atoms with Crippen molar-refractivity contribution in [3.8, 4) is 22.8 Å². The molecule has 0 unspecified atom stereocenters. The highest BCUT2D eigenvalue weighted by atomic mass is 32.1. The molecular weight excluding hydrogens is 360 g/mol. The minimum Gasteiger partial charge on any atom is -0.494 e. The van der Waals surface area contributed by atoms with Gasteiger partial charge in [-0.3, -0.25) is 10.1 Å². The van der Waals surface area contributed by atoms with Gasteiger partial charge >= 0.3 is 0 Å². The number of carbonyl (C=O) groups is 1. The van der Waals surface area contributed by atoms with Gasteiger partial charge in [-0.25, -0.2) is 4.98 Å². The quantitative estimate of drug-likeness (QED) is 0.635. The topological polar surface area (TPSA) is 60.5 Å². The predicted molar refractivity (Wildman–Crippen MR) is 109 cm³/mol. The van der Waals surface area contributed by atoms with E-state index >= 15 is 0 Å². The third-order valence-electron chi connectivity index (χ3n) is 3.92. The van der Waals surface area contributed by atoms with Gasteiger partial charge in [-0.2, -0.15) is 0 Å². The molecule has 0 aliphatic rings. The fraction of sp³-hybridized carbons (Fsp3) is 0.238. The zero-order valence-electron chi connectivity index (χ0n) is 15.6. The summed E-state index contributed by atoms with van der Waals surface area (Å²) < 4.78 is 10.9. The second-order valence-corrected chi connectivity index (χ2v) is 6.96. The fourth-order valence-electron chi connectivity index (χ4n) is 2.57. The number of carbonyl (C=O) groups excluding carboxylic acids is 1. The monoisotopic (exact) mass is 382 g/mol. The second-order valence-electron chi connectivity index (χ2n) is 6.10. The number of nitrogens with one attached hydrogen (secondary N) is 1. The van der Waals surface area contributed by atoms with Crippen molar-refractivity contribution >= 4 is 22.4 Å². The third-order valence-corrected chi connectivity index (χ3v) is 4.68. The molecule has 0 saturated carbocycles. The van der Waals surface area contributed by atoms with Crippen molar-refractivity contribution in [3.05, 3.63) is 59.0 Å². The summed E-state index contributed by atoms with van der Waals surface area (Å²) in [6.07, 6.45) is 0. The molecule has 0 saturated heterocycles. The zero-order chi connectivity index (χ0) is 19.2. The van der Waals surface area contributed by atoms with Crippen molar-refractivity contribution in [3.63, 3.8) is 0 Å². The normalized spacial score (nSPS) is 10.5. The summed E-state index contributed by atoms with van der Waals surface area (Å²) in [7, 11) is 0. The van der Waals surface area contributed by atoms with Crippen molar-refractivity contribution < 1.29 is 14.3 Å². The van der Waals surface area contributed by atoms with Gasteiger partial charge in [0.05, 0.1) is 12.3 Å². The highest BCUT2D eigenvalue weighted by Gasteiger charge is 2.10. The van der Waals surface area contributed by atoms with Crippen LogP contribution in [0.15, 0.2) is 47.8 Å². The Hall–Kier alpha value is -2.86. The molecule has 0 bridgehead atoms. The van der Waals surface area contributed by atoms with Crippen LogP contribution in [0.4, 0.5) is 5.13 Å². The Morgan fingerprint density at radius 2 is 1.78 bits per heavy atom. The molecule has 27 heavy (non-hydrogen) atoms. The summed E-state index contributed by atoms with van der Waals surface area (Å²) in [4.78, 5) is 16.7. The molecule has 6 heteroatoms. The van der Waals surface area contributed by atoms with E-state index in [1.807, 2.05) is 24.4 Å². The number of aryl methyl sites for hydroxylation is 2. The van der Waals surface area contributed by atoms with E-state index < -0.39 is 0 Å². The van der Waals surface area contributed by atoms with E-state index in [0.29, 0.717) is 17.5 Å². The molecule has 0 aliphatic heterocycles. The molecule has 0 spiro atoms. The summed E-state index contributed by atoms with van der Waals surface area (Å²) in [6, 6.07) is 13.4. The van der Waals surface area contributed by atoms with Crippen LogP contribution in [0.1, 0.15) is 18.1 Å². The van der Waals surface area contributed by atoms with Crippen molar-refractivity contribution in [2.45, 2.75) is 20.8 Å². The Morgan fingerprint density at radius 1 is 1.07 bits per heavy atom. The molecule has 0 aliphatic carbocycles. The first-order chi connectivity index (χ1) is 13.0. The molecule has 5 nitrogen and oxygen atoms in total. The lowest BCUT2D eigenvalue weighted by Crippen LogP contribution is -2.20. The number of benzene rings is 2. The summed E-state index contributed by atoms with van der Waals surface area (Å²) in [6.45, 7) is 6.57. The van der Waals surface area contributed by atoms with Crippen LogP contribution in [0.3, 0.4) is 0 Å². The van der Waals surface area contributed by atoms with Gasteiger partial charge in [-0.05, 0) is 56.7 Å². The lowest BCUT2D eigenvalue weighted by Gasteiger charge is -2.07. The first kappa shape index (κ1) is 18.9. The number of aromatic nitrogens is 1. The van der Waals surface area contributed by atoms with Gasteiger partial charge in [0, 0.05) is 10.9 Å². The van der Waals surface area contributed by atoms with Crippen LogP contribution in [0.5, 0.6) is 11.5 Å². The molecule has 3 rings (SSSR count). The van der Waals surface area contributed by atoms with Crippen molar-refractivity contribution in [1.29, 1.82) is 0 Å². The van der Waals surface area contributed by atoms with Crippen molar-refractivity contribution in [1.82, 2.24) is 4.98 Å². The largest absolute Gasteiger partial charge is 0.494 e. The highest BCUT2D eigenvalue weighted by molar-refractivity contribution is 7.14. The second kappa shape index (κ2) is 8.68. The van der Waals surface area contributed by atoms with Crippen LogP contribution < -0.4 is 14.8 Å². The van der Waals surface area contributed by atoms with E-state index in [4.69, 9.17) is 9.47 Å². The molecule has 0 atom stereocenters. The first-order valence-corrected chi connectivity index (χ1v) is 9.62. The van der Waals surface area contributed by atoms with Crippen LogP contribution in [-0.4, -0.2) is 24.1 Å². The number of nitrogens with zero attached hydrogens (tertiary/aromatic N) is 1. The van der Waals surface area contributed by atoms with Crippen LogP contribution in [0, 0.1) is 13.8 Å². The Bertz CT molecular complexity index is 919. The van der Waals surface area contributed by atoms with Gasteiger partial charge in [-0.15, -0.1) is 11.3 Å². The van der Waals surface area contributed by atoms with Gasteiger partial charge < -0.3 is 9.47 Å². The predicted octanol–water partition coefficient (Wildman–Crippen LogP) is 4.84. The first-order valence-electron chi connectivity index (χ1n) is 8.74. The van der Waals surface area contributed by atoms with Crippen LogP contribution in [-0.2, 0) is 4.79 Å². The third kappa shape index (κ3) is 5.08. The number of rotatable bonds is 7. The SMILES string of the molecule is CCOc1ccc(OCC(=O)Nc2nc(-c3cc(C)ccc3C)cs2)cc1. The number of hydrogen-bond donors (Lipinski definition) is 1. The molecule has 1 heterocycles. The Balaban J connectivity index is 1.57. The molecule has 0 fully saturated rings. The van der Waals surface area contributed by atoms with Crippen molar-refractivity contribution in [2.75, 3.05) is 18.5 Å². The molecule has 2 aromatic carbocycles. The van der Waals surface area contributed by atoms with Gasteiger partial charge in [0.15, 0.2) is 11.7 Å². The average Bonchev–Trinajstić information content (AvgIpc) is 3.11. The van der Waals surface area contributed by atoms with Crippen LogP contribution in [0.25, 0.3) is 11.3 Å². The summed E-state index contributed by atoms with van der Waals surface area (Å²) >= 11 is 1.40. The van der Waals surface area contributed by atoms with E-state index in [-0.39, 0.29) is 12.5 Å². The smallest absolute Gasteiger partial charge is 0.264 e. The van der Waals surface area contributed by atoms with Crippen molar-refractivity contribution in [2.24, 2.45) is 0 Å². The van der Waals surface area contributed by atoms with Gasteiger partial charge in [0.1, 0.15) is 11.5 Å². The molecule has 1 amide bonds. The van der Waals surface area contributed by atoms with E-state index in [2.05, 4.69) is 42.3 Å². The summed E-state index contributed by atoms with van der Waals surface area (Å²) in [5.41, 5.74) is 4.28. The Morgan fingerprint density at radius 3 is 2.48 bits per heavy atom. The summed E-state index contributed by atoms with van der Waals surface area (Å²) in [5, 5.41) is 5.30. The number of amides is 1. The summed E-state index contributed by atoms with van der Waals surface area (Å²) in [5.74, 6) is 1.14. The average molecular weight is 382 g/mol. The van der Waals surface area contributed by atoms with Gasteiger partial charge in [0.25, 0.3) is 5.91 Å². The fourth-order valence-corrected chi connectivity index (χ4v) is 3.30. The lowest BCUT2D eigenvalue weighted by molar-refractivity contribution is -0.118. The number of ether oxygens (including phenoxy) is 2. The minimum atomic E-state index is -0.245. The molecule has 3 aromatic rings. The molecule has 140 valence electrons. The maximum Gasteiger partial charge on any atom is 0.264 e. The number of thiazole rings is 1. The molecule has 0 radical (unpaired) electrons. The standard InChI is InChI=1S/C21H22N2O3S/c1-4-25-16-7-9-17(10-8-16)26-12-20(24)23-21-22-19(13-27-21)18-11-14(2)5-6-15(18)3/h5-11,13H,4,12H2,1-3H3,(H,22,23,24). The van der Waals surface area contributed by atoms with Gasteiger partial charge in [0.2, 0.25) is 0 Å². The lowest BCUT2D eigenvalue weighted by atomic mass is 10.0. The minimum absolute atomic E-state index is 0.0770. The Labute approximate surface area is 163 Å².